The number of hydrogen-bond acceptors (Lipinski definition) is 3. The highest BCUT2D eigenvalue weighted by atomic mass is 35.5. The van der Waals surface area contributed by atoms with Crippen molar-refractivity contribution in [3.8, 4) is 5.75 Å². The van der Waals surface area contributed by atoms with Crippen LogP contribution >= 0.6 is 35.4 Å². The van der Waals surface area contributed by atoms with Gasteiger partial charge in [0.2, 0.25) is 0 Å². The van der Waals surface area contributed by atoms with E-state index in [1.807, 2.05) is 13.8 Å². The zero-order valence-corrected chi connectivity index (χ0v) is 12.9. The first-order chi connectivity index (χ1) is 8.86. The van der Waals surface area contributed by atoms with Gasteiger partial charge in [-0.15, -0.1) is 0 Å². The number of aromatic hydroxyl groups is 1. The summed E-state index contributed by atoms with van der Waals surface area (Å²) in [5, 5.41) is 16.2. The van der Waals surface area contributed by atoms with E-state index >= 15 is 0 Å². The quantitative estimate of drug-likeness (QED) is 0.507. The van der Waals surface area contributed by atoms with Gasteiger partial charge in [0.05, 0.1) is 17.3 Å². The minimum absolute atomic E-state index is 0.0607. The van der Waals surface area contributed by atoms with Crippen molar-refractivity contribution in [3.63, 3.8) is 0 Å². The number of nitrogens with zero attached hydrogens (tertiary/aromatic N) is 2. The van der Waals surface area contributed by atoms with E-state index in [9.17, 15) is 5.11 Å². The largest absolute Gasteiger partial charge is 0.506 e. The number of benzene rings is 1. The maximum Gasteiger partial charge on any atom is 0.187 e. The second kappa shape index (κ2) is 6.93. The summed E-state index contributed by atoms with van der Waals surface area (Å²) in [6.45, 7) is 3.94. The molecule has 0 aliphatic carbocycles. The van der Waals surface area contributed by atoms with Crippen LogP contribution in [0.25, 0.3) is 0 Å². The van der Waals surface area contributed by atoms with E-state index in [0.717, 1.165) is 6.42 Å². The van der Waals surface area contributed by atoms with Gasteiger partial charge in [0.1, 0.15) is 5.75 Å². The van der Waals surface area contributed by atoms with Crippen molar-refractivity contribution < 1.29 is 5.11 Å². The number of phenols is 1. The van der Waals surface area contributed by atoms with Gasteiger partial charge in [0.25, 0.3) is 0 Å². The van der Waals surface area contributed by atoms with Gasteiger partial charge in [-0.1, -0.05) is 30.1 Å². The molecule has 0 saturated carbocycles. The van der Waals surface area contributed by atoms with Crippen LogP contribution in [0.4, 0.5) is 0 Å². The molecular weight excluding hydrogens is 305 g/mol. The Morgan fingerprint density at radius 3 is 2.74 bits per heavy atom. The van der Waals surface area contributed by atoms with Gasteiger partial charge in [-0.3, -0.25) is 0 Å². The van der Waals surface area contributed by atoms with Crippen molar-refractivity contribution in [2.75, 3.05) is 0 Å². The number of hydrazone groups is 1. The lowest BCUT2D eigenvalue weighted by Gasteiger charge is -2.23. The fourth-order valence-electron chi connectivity index (χ4n) is 1.37. The lowest BCUT2D eigenvalue weighted by molar-refractivity contribution is 0.341. The van der Waals surface area contributed by atoms with Crippen molar-refractivity contribution in [1.82, 2.24) is 5.01 Å². The molecule has 1 aromatic carbocycles. The molecular formula is C12H15Cl2N3OS. The first-order valence-electron chi connectivity index (χ1n) is 5.67. The topological polar surface area (TPSA) is 61.8 Å². The molecule has 4 nitrogen and oxygen atoms in total. The molecule has 0 radical (unpaired) electrons. The smallest absolute Gasteiger partial charge is 0.187 e. The van der Waals surface area contributed by atoms with Gasteiger partial charge >= 0.3 is 0 Å². The van der Waals surface area contributed by atoms with Crippen LogP contribution in [0.15, 0.2) is 17.2 Å². The standard InChI is InChI=1S/C12H15Cl2N3OS/c1-3-7(2)17(12(15)19)16-6-8-4-9(13)5-10(14)11(8)18/h4-7,18H,3H2,1-2H3,(H2,15,19)/b16-6+. The molecule has 1 atom stereocenters. The van der Waals surface area contributed by atoms with E-state index < -0.39 is 0 Å². The zero-order chi connectivity index (χ0) is 14.6. The molecule has 0 amide bonds. The van der Waals surface area contributed by atoms with E-state index in [1.54, 1.807) is 6.07 Å². The molecule has 1 rings (SSSR count). The summed E-state index contributed by atoms with van der Waals surface area (Å²) in [5.74, 6) is -0.0816. The summed E-state index contributed by atoms with van der Waals surface area (Å²) in [6, 6.07) is 3.07. The van der Waals surface area contributed by atoms with Gasteiger partial charge in [-0.2, -0.15) is 5.10 Å². The van der Waals surface area contributed by atoms with Crippen LogP contribution in [0.2, 0.25) is 10.0 Å². The monoisotopic (exact) mass is 319 g/mol. The third-order valence-electron chi connectivity index (χ3n) is 2.61. The van der Waals surface area contributed by atoms with E-state index in [1.165, 1.54) is 17.3 Å². The van der Waals surface area contributed by atoms with Crippen LogP contribution in [0, 0.1) is 0 Å². The zero-order valence-electron chi connectivity index (χ0n) is 10.6. The highest BCUT2D eigenvalue weighted by Gasteiger charge is 2.12. The maximum absolute atomic E-state index is 9.80. The Kier molecular flexibility index (Phi) is 5.85. The van der Waals surface area contributed by atoms with Gasteiger partial charge in [0.15, 0.2) is 5.11 Å². The average molecular weight is 320 g/mol. The first-order valence-corrected chi connectivity index (χ1v) is 6.83. The van der Waals surface area contributed by atoms with Crippen LogP contribution in [-0.4, -0.2) is 27.5 Å². The van der Waals surface area contributed by atoms with E-state index in [4.69, 9.17) is 41.2 Å². The third-order valence-corrected chi connectivity index (χ3v) is 3.31. The van der Waals surface area contributed by atoms with Gasteiger partial charge in [0, 0.05) is 10.6 Å². The number of phenolic OH excluding ortho intramolecular Hbond substituents is 1. The van der Waals surface area contributed by atoms with Crippen LogP contribution in [0.1, 0.15) is 25.8 Å². The second-order valence-electron chi connectivity index (χ2n) is 4.01. The van der Waals surface area contributed by atoms with Crippen LogP contribution in [-0.2, 0) is 0 Å². The van der Waals surface area contributed by atoms with Crippen LogP contribution in [0.3, 0.4) is 0 Å². The van der Waals surface area contributed by atoms with Crippen molar-refractivity contribution >= 4 is 46.7 Å². The highest BCUT2D eigenvalue weighted by Crippen LogP contribution is 2.30. The molecule has 1 unspecified atom stereocenters. The average Bonchev–Trinajstić information content (AvgIpc) is 2.34. The molecule has 0 bridgehead atoms. The van der Waals surface area contributed by atoms with E-state index in [0.29, 0.717) is 10.6 Å². The number of nitrogens with two attached hydrogens (primary N) is 1. The minimum atomic E-state index is -0.0816. The van der Waals surface area contributed by atoms with Crippen LogP contribution in [0.5, 0.6) is 5.75 Å². The van der Waals surface area contributed by atoms with Gasteiger partial charge in [-0.25, -0.2) is 5.01 Å². The molecule has 104 valence electrons. The van der Waals surface area contributed by atoms with Crippen molar-refractivity contribution in [2.24, 2.45) is 10.8 Å². The molecule has 0 aliphatic heterocycles. The normalized spacial score (nSPS) is 12.6. The molecule has 0 aliphatic rings. The Balaban J connectivity index is 3.06. The summed E-state index contributed by atoms with van der Waals surface area (Å²) in [7, 11) is 0. The fourth-order valence-corrected chi connectivity index (χ4v) is 2.11. The number of thiocarbonyl (C=S) groups is 1. The van der Waals surface area contributed by atoms with Gasteiger partial charge < -0.3 is 10.8 Å². The summed E-state index contributed by atoms with van der Waals surface area (Å²) in [4.78, 5) is 0. The molecule has 7 heteroatoms. The molecule has 0 fully saturated rings. The Hall–Kier alpha value is -1.04. The summed E-state index contributed by atoms with van der Waals surface area (Å²) in [5.41, 5.74) is 6.01. The van der Waals surface area contributed by atoms with Crippen LogP contribution < -0.4 is 5.73 Å². The van der Waals surface area contributed by atoms with Crippen molar-refractivity contribution in [2.45, 2.75) is 26.3 Å². The summed E-state index contributed by atoms with van der Waals surface area (Å²) in [6.07, 6.45) is 2.26. The molecule has 19 heavy (non-hydrogen) atoms. The van der Waals surface area contributed by atoms with Crippen molar-refractivity contribution in [3.05, 3.63) is 27.7 Å². The Morgan fingerprint density at radius 1 is 1.58 bits per heavy atom. The second-order valence-corrected chi connectivity index (χ2v) is 5.27. The van der Waals surface area contributed by atoms with Gasteiger partial charge in [-0.05, 0) is 37.7 Å². The maximum atomic E-state index is 9.80. The Bertz CT molecular complexity index is 508. The number of hydrogen-bond donors (Lipinski definition) is 2. The lowest BCUT2D eigenvalue weighted by Crippen LogP contribution is -2.37. The first kappa shape index (κ1) is 16.0. The molecule has 1 aromatic rings. The Morgan fingerprint density at radius 2 is 2.21 bits per heavy atom. The summed E-state index contributed by atoms with van der Waals surface area (Å²) < 4.78 is 0. The molecule has 0 saturated heterocycles. The van der Waals surface area contributed by atoms with Crippen molar-refractivity contribution in [1.29, 1.82) is 0 Å². The van der Waals surface area contributed by atoms with E-state index in [-0.39, 0.29) is 21.9 Å². The molecule has 0 aromatic heterocycles. The summed E-state index contributed by atoms with van der Waals surface area (Å²) >= 11 is 16.6. The highest BCUT2D eigenvalue weighted by molar-refractivity contribution is 7.80. The molecule has 0 spiro atoms. The number of rotatable bonds is 4. The van der Waals surface area contributed by atoms with E-state index in [2.05, 4.69) is 5.10 Å². The fraction of sp³-hybridized carbons (Fsp3) is 0.333. The Labute approximate surface area is 127 Å². The third kappa shape index (κ3) is 4.23. The molecule has 0 heterocycles. The predicted molar refractivity (Wildman–Crippen MR) is 84.1 cm³/mol. The predicted octanol–water partition coefficient (Wildman–Crippen LogP) is 3.38. The lowest BCUT2D eigenvalue weighted by atomic mass is 10.2. The SMILES string of the molecule is CCC(C)N(/N=C/c1cc(Cl)cc(Cl)c1O)C(N)=S. The molecule has 3 N–H and O–H groups in total. The minimum Gasteiger partial charge on any atom is -0.506 e. The number of halogens is 2.